The topological polar surface area (TPSA) is 32.3 Å². The Morgan fingerprint density at radius 2 is 2.30 bits per heavy atom. The second-order valence-electron chi connectivity index (χ2n) is 5.59. The van der Waals surface area contributed by atoms with Crippen LogP contribution in [0.15, 0.2) is 24.3 Å². The summed E-state index contributed by atoms with van der Waals surface area (Å²) in [5, 5.41) is 3.53. The van der Waals surface area contributed by atoms with Gasteiger partial charge in [-0.25, -0.2) is 4.39 Å². The van der Waals surface area contributed by atoms with E-state index in [9.17, 15) is 9.18 Å². The van der Waals surface area contributed by atoms with E-state index in [1.54, 1.807) is 12.1 Å². The molecule has 1 N–H and O–H groups in total. The molecule has 1 fully saturated rings. The molecular weight excluding hydrogens is 255 g/mol. The molecule has 0 spiro atoms. The molecule has 4 heteroatoms. The zero-order valence-electron chi connectivity index (χ0n) is 12.2. The summed E-state index contributed by atoms with van der Waals surface area (Å²) in [6.07, 6.45) is 2.08. The number of hydrogen-bond donors (Lipinski definition) is 1. The Hall–Kier alpha value is -1.42. The molecule has 1 aliphatic heterocycles. The first-order chi connectivity index (χ1) is 9.61. The molecule has 1 saturated heterocycles. The summed E-state index contributed by atoms with van der Waals surface area (Å²) in [5.74, 6) is 0.00139. The quantitative estimate of drug-likeness (QED) is 0.918. The Kier molecular flexibility index (Phi) is 5.12. The largest absolute Gasteiger partial charge is 0.338 e. The van der Waals surface area contributed by atoms with Crippen molar-refractivity contribution >= 4 is 5.91 Å². The van der Waals surface area contributed by atoms with Crippen LogP contribution in [0.2, 0.25) is 0 Å². The summed E-state index contributed by atoms with van der Waals surface area (Å²) in [7, 11) is 0. The monoisotopic (exact) mass is 278 g/mol. The van der Waals surface area contributed by atoms with E-state index in [4.69, 9.17) is 0 Å². The first-order valence-corrected chi connectivity index (χ1v) is 7.40. The molecule has 0 radical (unpaired) electrons. The van der Waals surface area contributed by atoms with Gasteiger partial charge in [0.15, 0.2) is 0 Å². The number of halogens is 1. The van der Waals surface area contributed by atoms with E-state index in [1.165, 1.54) is 12.1 Å². The van der Waals surface area contributed by atoms with E-state index in [0.29, 0.717) is 17.5 Å². The average molecular weight is 278 g/mol. The van der Waals surface area contributed by atoms with Gasteiger partial charge in [0.2, 0.25) is 0 Å². The Morgan fingerprint density at radius 3 is 2.95 bits per heavy atom. The lowest BCUT2D eigenvalue weighted by atomic mass is 9.93. The van der Waals surface area contributed by atoms with Gasteiger partial charge in [0.1, 0.15) is 5.82 Å². The molecule has 110 valence electrons. The van der Waals surface area contributed by atoms with E-state index >= 15 is 0 Å². The summed E-state index contributed by atoms with van der Waals surface area (Å²) in [6, 6.07) is 6.42. The molecule has 2 atom stereocenters. The van der Waals surface area contributed by atoms with Crippen molar-refractivity contribution in [2.24, 2.45) is 5.92 Å². The Labute approximate surface area is 120 Å². The van der Waals surface area contributed by atoms with Gasteiger partial charge in [0, 0.05) is 24.7 Å². The smallest absolute Gasteiger partial charge is 0.253 e. The van der Waals surface area contributed by atoms with Crippen LogP contribution in [0.5, 0.6) is 0 Å². The first kappa shape index (κ1) is 15.0. The fraction of sp³-hybridized carbons (Fsp3) is 0.562. The number of hydrogen-bond acceptors (Lipinski definition) is 2. The predicted octanol–water partition coefficient (Wildman–Crippen LogP) is 2.68. The van der Waals surface area contributed by atoms with Crippen molar-refractivity contribution < 1.29 is 9.18 Å². The van der Waals surface area contributed by atoms with Crippen LogP contribution in [0.4, 0.5) is 4.39 Å². The molecule has 2 unspecified atom stereocenters. The Bertz CT molecular complexity index is 464. The summed E-state index contributed by atoms with van der Waals surface area (Å²) < 4.78 is 13.2. The summed E-state index contributed by atoms with van der Waals surface area (Å²) in [5.41, 5.74) is 0.442. The fourth-order valence-corrected chi connectivity index (χ4v) is 2.77. The number of carbonyl (C=O) groups excluding carboxylic acids is 1. The highest BCUT2D eigenvalue weighted by atomic mass is 19.1. The molecule has 1 heterocycles. The summed E-state index contributed by atoms with van der Waals surface area (Å²) in [4.78, 5) is 14.2. The van der Waals surface area contributed by atoms with Crippen molar-refractivity contribution in [1.82, 2.24) is 10.2 Å². The number of nitrogens with one attached hydrogen (secondary N) is 1. The molecule has 0 aromatic heterocycles. The molecule has 3 nitrogen and oxygen atoms in total. The minimum absolute atomic E-state index is 0.0645. The van der Waals surface area contributed by atoms with Crippen LogP contribution in [-0.4, -0.2) is 36.5 Å². The van der Waals surface area contributed by atoms with Crippen LogP contribution < -0.4 is 5.32 Å². The van der Waals surface area contributed by atoms with Gasteiger partial charge in [0.05, 0.1) is 0 Å². The molecule has 1 aromatic rings. The maximum atomic E-state index is 13.2. The van der Waals surface area contributed by atoms with Crippen LogP contribution in [-0.2, 0) is 0 Å². The highest BCUT2D eigenvalue weighted by Crippen LogP contribution is 2.19. The van der Waals surface area contributed by atoms with Crippen molar-refractivity contribution in [2.45, 2.75) is 32.7 Å². The SMILES string of the molecule is CCCNC1CCN(C(=O)c2cccc(F)c2)CC1C. The average Bonchev–Trinajstić information content (AvgIpc) is 2.45. The summed E-state index contributed by atoms with van der Waals surface area (Å²) in [6.45, 7) is 6.81. The van der Waals surface area contributed by atoms with Crippen LogP contribution in [0.3, 0.4) is 0 Å². The zero-order chi connectivity index (χ0) is 14.5. The second-order valence-corrected chi connectivity index (χ2v) is 5.59. The fourth-order valence-electron chi connectivity index (χ4n) is 2.77. The van der Waals surface area contributed by atoms with Crippen LogP contribution in [0.1, 0.15) is 37.0 Å². The number of piperidine rings is 1. The molecule has 0 aliphatic carbocycles. The van der Waals surface area contributed by atoms with Gasteiger partial charge in [0.25, 0.3) is 5.91 Å². The lowest BCUT2D eigenvalue weighted by Crippen LogP contribution is -2.50. The maximum Gasteiger partial charge on any atom is 0.253 e. The highest BCUT2D eigenvalue weighted by molar-refractivity contribution is 5.94. The van der Waals surface area contributed by atoms with Crippen LogP contribution >= 0.6 is 0 Å². The van der Waals surface area contributed by atoms with Crippen molar-refractivity contribution in [3.63, 3.8) is 0 Å². The van der Waals surface area contributed by atoms with E-state index in [-0.39, 0.29) is 11.7 Å². The van der Waals surface area contributed by atoms with Crippen LogP contribution in [0.25, 0.3) is 0 Å². The number of likely N-dealkylation sites (tertiary alicyclic amines) is 1. The van der Waals surface area contributed by atoms with E-state index in [1.807, 2.05) is 4.90 Å². The number of amides is 1. The molecule has 0 saturated carbocycles. The lowest BCUT2D eigenvalue weighted by Gasteiger charge is -2.37. The molecule has 1 aliphatic rings. The van der Waals surface area contributed by atoms with E-state index < -0.39 is 0 Å². The third kappa shape index (κ3) is 3.57. The van der Waals surface area contributed by atoms with Crippen molar-refractivity contribution in [3.05, 3.63) is 35.6 Å². The Morgan fingerprint density at radius 1 is 1.50 bits per heavy atom. The third-order valence-corrected chi connectivity index (χ3v) is 3.92. The number of nitrogens with zero attached hydrogens (tertiary/aromatic N) is 1. The van der Waals surface area contributed by atoms with Gasteiger partial charge >= 0.3 is 0 Å². The normalized spacial score (nSPS) is 22.9. The zero-order valence-corrected chi connectivity index (χ0v) is 12.2. The molecule has 1 aromatic carbocycles. The number of benzene rings is 1. The minimum Gasteiger partial charge on any atom is -0.338 e. The van der Waals surface area contributed by atoms with Gasteiger partial charge in [-0.15, -0.1) is 0 Å². The molecule has 20 heavy (non-hydrogen) atoms. The standard InChI is InChI=1S/C16H23FN2O/c1-3-8-18-15-7-9-19(11-12(15)2)16(20)13-5-4-6-14(17)10-13/h4-6,10,12,15,18H,3,7-9,11H2,1-2H3. The minimum atomic E-state index is -0.358. The number of carbonyl (C=O) groups is 1. The summed E-state index contributed by atoms with van der Waals surface area (Å²) >= 11 is 0. The molecule has 1 amide bonds. The van der Waals surface area contributed by atoms with Gasteiger partial charge in [-0.05, 0) is 43.5 Å². The van der Waals surface area contributed by atoms with Crippen molar-refractivity contribution in [3.8, 4) is 0 Å². The predicted molar refractivity (Wildman–Crippen MR) is 78.2 cm³/mol. The molecule has 2 rings (SSSR count). The van der Waals surface area contributed by atoms with E-state index in [0.717, 1.165) is 32.5 Å². The second kappa shape index (κ2) is 6.84. The third-order valence-electron chi connectivity index (χ3n) is 3.92. The lowest BCUT2D eigenvalue weighted by molar-refractivity contribution is 0.0644. The van der Waals surface area contributed by atoms with Crippen LogP contribution in [0, 0.1) is 11.7 Å². The van der Waals surface area contributed by atoms with Gasteiger partial charge in [-0.2, -0.15) is 0 Å². The van der Waals surface area contributed by atoms with Crippen molar-refractivity contribution in [2.75, 3.05) is 19.6 Å². The van der Waals surface area contributed by atoms with Gasteiger partial charge in [-0.1, -0.05) is 19.9 Å². The van der Waals surface area contributed by atoms with Gasteiger partial charge in [-0.3, -0.25) is 4.79 Å². The molecular formula is C16H23FN2O. The maximum absolute atomic E-state index is 13.2. The number of rotatable bonds is 4. The van der Waals surface area contributed by atoms with E-state index in [2.05, 4.69) is 19.2 Å². The molecule has 0 bridgehead atoms. The first-order valence-electron chi connectivity index (χ1n) is 7.40. The Balaban J connectivity index is 1.97. The highest BCUT2D eigenvalue weighted by Gasteiger charge is 2.28. The van der Waals surface area contributed by atoms with Gasteiger partial charge < -0.3 is 10.2 Å². The van der Waals surface area contributed by atoms with Crippen molar-refractivity contribution in [1.29, 1.82) is 0 Å².